The first-order chi connectivity index (χ1) is 14.2. The van der Waals surface area contributed by atoms with E-state index < -0.39 is 0 Å². The lowest BCUT2D eigenvalue weighted by Gasteiger charge is -2.40. The van der Waals surface area contributed by atoms with Gasteiger partial charge in [-0.15, -0.1) is 0 Å². The Morgan fingerprint density at radius 2 is 2.03 bits per heavy atom. The largest absolute Gasteiger partial charge is 0.370 e. The summed E-state index contributed by atoms with van der Waals surface area (Å²) < 4.78 is 8.10. The lowest BCUT2D eigenvalue weighted by Crippen LogP contribution is -2.51. The Morgan fingerprint density at radius 3 is 2.86 bits per heavy atom. The van der Waals surface area contributed by atoms with E-state index in [4.69, 9.17) is 4.74 Å². The molecule has 0 aromatic carbocycles. The van der Waals surface area contributed by atoms with Crippen molar-refractivity contribution >= 4 is 11.2 Å². The van der Waals surface area contributed by atoms with Gasteiger partial charge in [0.05, 0.1) is 29.6 Å². The third-order valence-corrected chi connectivity index (χ3v) is 7.21. The van der Waals surface area contributed by atoms with E-state index in [1.54, 1.807) is 10.7 Å². The van der Waals surface area contributed by atoms with Gasteiger partial charge in [0.15, 0.2) is 0 Å². The second-order valence-electron chi connectivity index (χ2n) is 9.36. The summed E-state index contributed by atoms with van der Waals surface area (Å²) in [5.41, 5.74) is 3.31. The van der Waals surface area contributed by atoms with Gasteiger partial charge < -0.3 is 14.5 Å². The zero-order valence-electron chi connectivity index (χ0n) is 17.4. The van der Waals surface area contributed by atoms with Crippen molar-refractivity contribution in [3.8, 4) is 6.07 Å². The zero-order chi connectivity index (χ0) is 19.8. The second-order valence-corrected chi connectivity index (χ2v) is 9.36. The third kappa shape index (κ3) is 3.62. The molecule has 0 bridgehead atoms. The average Bonchev–Trinajstić information content (AvgIpc) is 3.35. The highest BCUT2D eigenvalue weighted by Gasteiger charge is 2.40. The molecule has 4 heterocycles. The monoisotopic (exact) mass is 393 g/mol. The second kappa shape index (κ2) is 7.62. The molecule has 0 amide bonds. The quantitative estimate of drug-likeness (QED) is 0.799. The van der Waals surface area contributed by atoms with E-state index in [0.29, 0.717) is 11.1 Å². The van der Waals surface area contributed by atoms with Gasteiger partial charge in [-0.25, -0.2) is 4.52 Å². The molecule has 2 atom stereocenters. The number of anilines is 1. The third-order valence-electron chi connectivity index (χ3n) is 7.21. The molecule has 1 aliphatic carbocycles. The van der Waals surface area contributed by atoms with Crippen molar-refractivity contribution in [2.75, 3.05) is 37.6 Å². The fourth-order valence-corrected chi connectivity index (χ4v) is 5.88. The van der Waals surface area contributed by atoms with Crippen LogP contribution in [0.2, 0.25) is 0 Å². The Bertz CT molecular complexity index is 910. The number of hydrogen-bond acceptors (Lipinski definition) is 5. The van der Waals surface area contributed by atoms with Crippen molar-refractivity contribution in [3.63, 3.8) is 0 Å². The molecule has 2 aromatic heterocycles. The molecule has 29 heavy (non-hydrogen) atoms. The van der Waals surface area contributed by atoms with Crippen molar-refractivity contribution in [2.24, 2.45) is 5.41 Å². The van der Waals surface area contributed by atoms with Crippen LogP contribution in [0.15, 0.2) is 24.4 Å². The normalized spacial score (nSPS) is 27.5. The summed E-state index contributed by atoms with van der Waals surface area (Å²) in [5, 5.41) is 13.7. The fourth-order valence-electron chi connectivity index (χ4n) is 5.88. The number of hydrogen-bond donors (Lipinski definition) is 0. The summed E-state index contributed by atoms with van der Waals surface area (Å²) in [7, 11) is 0. The number of likely N-dealkylation sites (tertiary alicyclic amines) is 1. The molecular weight excluding hydrogens is 362 g/mol. The molecule has 154 valence electrons. The Kier molecular flexibility index (Phi) is 4.97. The van der Waals surface area contributed by atoms with Gasteiger partial charge in [-0.05, 0) is 56.3 Å². The van der Waals surface area contributed by atoms with Gasteiger partial charge in [-0.3, -0.25) is 0 Å². The van der Waals surface area contributed by atoms with E-state index >= 15 is 0 Å². The summed E-state index contributed by atoms with van der Waals surface area (Å²) in [6, 6.07) is 8.17. The molecule has 3 fully saturated rings. The molecule has 6 heteroatoms. The van der Waals surface area contributed by atoms with Crippen LogP contribution in [-0.4, -0.2) is 59.4 Å². The predicted octanol–water partition coefficient (Wildman–Crippen LogP) is 3.46. The number of morpholine rings is 1. The minimum Gasteiger partial charge on any atom is -0.370 e. The Hall–Kier alpha value is -2.10. The van der Waals surface area contributed by atoms with Crippen molar-refractivity contribution in [1.82, 2.24) is 14.5 Å². The minimum absolute atomic E-state index is 0.193. The Labute approximate surface area is 173 Å². The highest BCUT2D eigenvalue weighted by atomic mass is 16.5. The molecule has 2 aliphatic heterocycles. The zero-order valence-corrected chi connectivity index (χ0v) is 17.4. The highest BCUT2D eigenvalue weighted by molar-refractivity contribution is 5.74. The predicted molar refractivity (Wildman–Crippen MR) is 113 cm³/mol. The average molecular weight is 394 g/mol. The maximum absolute atomic E-state index is 9.35. The van der Waals surface area contributed by atoms with Gasteiger partial charge in [0.1, 0.15) is 11.8 Å². The molecular formula is C23H31N5O. The van der Waals surface area contributed by atoms with Crippen molar-refractivity contribution < 1.29 is 4.74 Å². The SMILES string of the molecule is C[C@@H]1CN(c2ccc(C#N)n3nccc23)C[C@H](CN2CCC3(CCCCC3)C2)O1. The molecule has 3 aliphatic rings. The van der Waals surface area contributed by atoms with Crippen LogP contribution in [0.3, 0.4) is 0 Å². The number of ether oxygens (including phenoxy) is 1. The number of nitrogens with zero attached hydrogens (tertiary/aromatic N) is 5. The first-order valence-electron chi connectivity index (χ1n) is 11.2. The summed E-state index contributed by atoms with van der Waals surface area (Å²) in [5.74, 6) is 0. The molecule has 0 unspecified atom stereocenters. The van der Waals surface area contributed by atoms with Gasteiger partial charge in [-0.2, -0.15) is 10.4 Å². The number of aromatic nitrogens is 2. The number of rotatable bonds is 3. The molecule has 2 aromatic rings. The Balaban J connectivity index is 1.30. The van der Waals surface area contributed by atoms with Gasteiger partial charge in [0.2, 0.25) is 0 Å². The first-order valence-corrected chi connectivity index (χ1v) is 11.2. The molecule has 1 spiro atoms. The van der Waals surface area contributed by atoms with Gasteiger partial charge >= 0.3 is 0 Å². The number of nitriles is 1. The van der Waals surface area contributed by atoms with Crippen LogP contribution in [0.5, 0.6) is 0 Å². The van der Waals surface area contributed by atoms with Crippen molar-refractivity contribution in [2.45, 2.75) is 57.7 Å². The molecule has 2 saturated heterocycles. The van der Waals surface area contributed by atoms with Crippen LogP contribution >= 0.6 is 0 Å². The van der Waals surface area contributed by atoms with E-state index in [9.17, 15) is 5.26 Å². The molecule has 0 N–H and O–H groups in total. The van der Waals surface area contributed by atoms with Crippen molar-refractivity contribution in [1.29, 1.82) is 5.26 Å². The highest BCUT2D eigenvalue weighted by Crippen LogP contribution is 2.43. The fraction of sp³-hybridized carbons (Fsp3) is 0.652. The molecule has 6 nitrogen and oxygen atoms in total. The standard InChI is InChI=1S/C23H31N5O/c1-18-14-27(21-6-5-19(13-24)28-22(21)7-11-25-28)16-20(29-18)15-26-12-10-23(17-26)8-3-2-4-9-23/h5-7,11,18,20H,2-4,8-10,12,14-17H2,1H3/t18-,20+/m1/s1. The maximum atomic E-state index is 9.35. The number of pyridine rings is 1. The van der Waals surface area contributed by atoms with Crippen LogP contribution in [0, 0.1) is 16.7 Å². The summed E-state index contributed by atoms with van der Waals surface area (Å²) >= 11 is 0. The molecule has 5 rings (SSSR count). The minimum atomic E-state index is 0.193. The van der Waals surface area contributed by atoms with Crippen LogP contribution in [0.4, 0.5) is 5.69 Å². The summed E-state index contributed by atoms with van der Waals surface area (Å²) in [4.78, 5) is 5.07. The maximum Gasteiger partial charge on any atom is 0.142 e. The van der Waals surface area contributed by atoms with E-state index in [1.807, 2.05) is 12.1 Å². The van der Waals surface area contributed by atoms with Gasteiger partial charge in [0, 0.05) is 26.2 Å². The first kappa shape index (κ1) is 18.9. The van der Waals surface area contributed by atoms with Crippen molar-refractivity contribution in [3.05, 3.63) is 30.1 Å². The van der Waals surface area contributed by atoms with Crippen LogP contribution < -0.4 is 4.90 Å². The Morgan fingerprint density at radius 1 is 1.17 bits per heavy atom. The number of fused-ring (bicyclic) bond motifs is 1. The molecule has 1 saturated carbocycles. The van der Waals surface area contributed by atoms with Gasteiger partial charge in [0.25, 0.3) is 0 Å². The lowest BCUT2D eigenvalue weighted by atomic mass is 9.73. The van der Waals surface area contributed by atoms with E-state index in [2.05, 4.69) is 34.0 Å². The van der Waals surface area contributed by atoms with E-state index in [0.717, 1.165) is 30.8 Å². The topological polar surface area (TPSA) is 56.8 Å². The smallest absolute Gasteiger partial charge is 0.142 e. The summed E-state index contributed by atoms with van der Waals surface area (Å²) in [6.45, 7) is 7.42. The van der Waals surface area contributed by atoms with Crippen LogP contribution in [-0.2, 0) is 4.74 Å². The lowest BCUT2D eigenvalue weighted by molar-refractivity contribution is -0.0310. The van der Waals surface area contributed by atoms with Crippen LogP contribution in [0.1, 0.15) is 51.1 Å². The van der Waals surface area contributed by atoms with E-state index in [-0.39, 0.29) is 12.2 Å². The van der Waals surface area contributed by atoms with Crippen LogP contribution in [0.25, 0.3) is 5.52 Å². The van der Waals surface area contributed by atoms with Gasteiger partial charge in [-0.1, -0.05) is 19.3 Å². The molecule has 0 radical (unpaired) electrons. The van der Waals surface area contributed by atoms with E-state index in [1.165, 1.54) is 51.6 Å². The summed E-state index contributed by atoms with van der Waals surface area (Å²) in [6.07, 6.45) is 10.6.